The van der Waals surface area contributed by atoms with Crippen LogP contribution in [0.1, 0.15) is 17.2 Å². The first-order chi connectivity index (χ1) is 9.65. The van der Waals surface area contributed by atoms with Crippen molar-refractivity contribution >= 4 is 11.6 Å². The molecule has 0 fully saturated rings. The molecule has 2 rings (SSSR count). The minimum Gasteiger partial charge on any atom is -0.497 e. The second kappa shape index (κ2) is 6.64. The van der Waals surface area contributed by atoms with Crippen molar-refractivity contribution in [2.45, 2.75) is 12.5 Å². The molecular weight excluding hydrogens is 274 g/mol. The van der Waals surface area contributed by atoms with E-state index < -0.39 is 0 Å². The summed E-state index contributed by atoms with van der Waals surface area (Å²) in [5, 5.41) is 0.682. The molecule has 0 aliphatic carbocycles. The Balaban J connectivity index is 2.27. The van der Waals surface area contributed by atoms with Crippen molar-refractivity contribution in [1.29, 1.82) is 0 Å². The van der Waals surface area contributed by atoms with Gasteiger partial charge in [0.05, 0.1) is 14.2 Å². The maximum Gasteiger partial charge on any atom is 0.122 e. The number of hydrogen-bond donors (Lipinski definition) is 1. The molecule has 0 amide bonds. The molecule has 0 aliphatic heterocycles. The van der Waals surface area contributed by atoms with Crippen molar-refractivity contribution in [3.63, 3.8) is 0 Å². The Labute approximate surface area is 124 Å². The van der Waals surface area contributed by atoms with Gasteiger partial charge < -0.3 is 15.2 Å². The molecule has 0 aliphatic rings. The summed E-state index contributed by atoms with van der Waals surface area (Å²) in [7, 11) is 3.28. The van der Waals surface area contributed by atoms with Crippen molar-refractivity contribution in [2.75, 3.05) is 14.2 Å². The topological polar surface area (TPSA) is 44.5 Å². The lowest BCUT2D eigenvalue weighted by molar-refractivity contribution is 0.397. The van der Waals surface area contributed by atoms with Gasteiger partial charge in [0.1, 0.15) is 11.5 Å². The van der Waals surface area contributed by atoms with E-state index in [1.165, 1.54) is 0 Å². The SMILES string of the molecule is COc1ccc(OC)c(CC(N)c2ccccc2Cl)c1. The van der Waals surface area contributed by atoms with Crippen LogP contribution in [0.2, 0.25) is 5.02 Å². The Bertz CT molecular complexity index is 586. The first-order valence-electron chi connectivity index (χ1n) is 6.36. The minimum atomic E-state index is -0.190. The largest absolute Gasteiger partial charge is 0.497 e. The van der Waals surface area contributed by atoms with E-state index in [9.17, 15) is 0 Å². The van der Waals surface area contributed by atoms with Gasteiger partial charge in [0.2, 0.25) is 0 Å². The Hall–Kier alpha value is -1.71. The normalized spacial score (nSPS) is 12.0. The molecule has 1 atom stereocenters. The van der Waals surface area contributed by atoms with E-state index in [1.807, 2.05) is 42.5 Å². The number of nitrogens with two attached hydrogens (primary N) is 1. The summed E-state index contributed by atoms with van der Waals surface area (Å²) in [5.41, 5.74) is 8.19. The summed E-state index contributed by atoms with van der Waals surface area (Å²) in [5.74, 6) is 1.58. The third-order valence-corrected chi connectivity index (χ3v) is 3.58. The van der Waals surface area contributed by atoms with Gasteiger partial charge in [0.25, 0.3) is 0 Å². The molecule has 4 heteroatoms. The van der Waals surface area contributed by atoms with Crippen LogP contribution >= 0.6 is 11.6 Å². The molecule has 0 radical (unpaired) electrons. The van der Waals surface area contributed by atoms with E-state index in [4.69, 9.17) is 26.8 Å². The fourth-order valence-corrected chi connectivity index (χ4v) is 2.44. The average Bonchev–Trinajstić information content (AvgIpc) is 2.47. The number of benzene rings is 2. The number of halogens is 1. The molecule has 0 saturated carbocycles. The Morgan fingerprint density at radius 2 is 1.85 bits per heavy atom. The van der Waals surface area contributed by atoms with Gasteiger partial charge in [-0.1, -0.05) is 29.8 Å². The maximum absolute atomic E-state index is 6.26. The van der Waals surface area contributed by atoms with E-state index in [0.717, 1.165) is 22.6 Å². The molecule has 2 aromatic carbocycles. The highest BCUT2D eigenvalue weighted by Gasteiger charge is 2.14. The van der Waals surface area contributed by atoms with Crippen molar-refractivity contribution in [1.82, 2.24) is 0 Å². The highest BCUT2D eigenvalue weighted by atomic mass is 35.5. The van der Waals surface area contributed by atoms with Crippen molar-refractivity contribution in [2.24, 2.45) is 5.73 Å². The van der Waals surface area contributed by atoms with Crippen LogP contribution in [-0.2, 0) is 6.42 Å². The lowest BCUT2D eigenvalue weighted by Gasteiger charge is -2.16. The summed E-state index contributed by atoms with van der Waals surface area (Å²) in [4.78, 5) is 0. The molecule has 0 aromatic heterocycles. The van der Waals surface area contributed by atoms with Crippen molar-refractivity contribution < 1.29 is 9.47 Å². The first-order valence-corrected chi connectivity index (χ1v) is 6.74. The lowest BCUT2D eigenvalue weighted by atomic mass is 9.99. The Morgan fingerprint density at radius 3 is 2.50 bits per heavy atom. The van der Waals surface area contributed by atoms with Crippen LogP contribution in [0.15, 0.2) is 42.5 Å². The van der Waals surface area contributed by atoms with Crippen LogP contribution in [0, 0.1) is 0 Å². The monoisotopic (exact) mass is 291 g/mol. The molecule has 3 nitrogen and oxygen atoms in total. The fourth-order valence-electron chi connectivity index (χ4n) is 2.16. The molecule has 20 heavy (non-hydrogen) atoms. The molecule has 0 saturated heterocycles. The van der Waals surface area contributed by atoms with E-state index in [2.05, 4.69) is 0 Å². The fraction of sp³-hybridized carbons (Fsp3) is 0.250. The lowest BCUT2D eigenvalue weighted by Crippen LogP contribution is -2.14. The van der Waals surface area contributed by atoms with E-state index in [0.29, 0.717) is 11.4 Å². The summed E-state index contributed by atoms with van der Waals surface area (Å²) >= 11 is 6.18. The molecule has 0 bridgehead atoms. The molecule has 0 heterocycles. The van der Waals surface area contributed by atoms with Crippen LogP contribution in [0.25, 0.3) is 0 Å². The molecule has 106 valence electrons. The predicted octanol–water partition coefficient (Wildman–Crippen LogP) is 3.60. The smallest absolute Gasteiger partial charge is 0.122 e. The average molecular weight is 292 g/mol. The first kappa shape index (κ1) is 14.7. The third kappa shape index (κ3) is 3.24. The number of rotatable bonds is 5. The van der Waals surface area contributed by atoms with Crippen molar-refractivity contribution in [3.8, 4) is 11.5 Å². The number of ether oxygens (including phenoxy) is 2. The van der Waals surface area contributed by atoms with Crippen LogP contribution in [0.4, 0.5) is 0 Å². The summed E-state index contributed by atoms with van der Waals surface area (Å²) in [6.45, 7) is 0. The van der Waals surface area contributed by atoms with E-state index in [1.54, 1.807) is 14.2 Å². The zero-order chi connectivity index (χ0) is 14.5. The summed E-state index contributed by atoms with van der Waals surface area (Å²) < 4.78 is 10.6. The predicted molar refractivity (Wildman–Crippen MR) is 81.6 cm³/mol. The highest BCUT2D eigenvalue weighted by Crippen LogP contribution is 2.29. The minimum absolute atomic E-state index is 0.190. The van der Waals surface area contributed by atoms with Gasteiger partial charge in [0.15, 0.2) is 0 Å². The second-order valence-corrected chi connectivity index (χ2v) is 4.92. The third-order valence-electron chi connectivity index (χ3n) is 3.23. The van der Waals surface area contributed by atoms with Gasteiger partial charge in [-0.3, -0.25) is 0 Å². The van der Waals surface area contributed by atoms with Gasteiger partial charge >= 0.3 is 0 Å². The molecule has 2 N–H and O–H groups in total. The van der Waals surface area contributed by atoms with Gasteiger partial charge in [0, 0.05) is 11.1 Å². The molecule has 2 aromatic rings. The van der Waals surface area contributed by atoms with Crippen LogP contribution < -0.4 is 15.2 Å². The Morgan fingerprint density at radius 1 is 1.10 bits per heavy atom. The van der Waals surface area contributed by atoms with Gasteiger partial charge in [-0.25, -0.2) is 0 Å². The van der Waals surface area contributed by atoms with Gasteiger partial charge in [-0.05, 0) is 41.8 Å². The number of hydrogen-bond acceptors (Lipinski definition) is 3. The zero-order valence-electron chi connectivity index (χ0n) is 11.6. The Kier molecular flexibility index (Phi) is 4.88. The van der Waals surface area contributed by atoms with Crippen LogP contribution in [0.3, 0.4) is 0 Å². The zero-order valence-corrected chi connectivity index (χ0v) is 12.4. The summed E-state index contributed by atoms with van der Waals surface area (Å²) in [6, 6.07) is 13.1. The van der Waals surface area contributed by atoms with Gasteiger partial charge in [-0.2, -0.15) is 0 Å². The molecular formula is C16H18ClNO2. The van der Waals surface area contributed by atoms with E-state index in [-0.39, 0.29) is 6.04 Å². The van der Waals surface area contributed by atoms with Crippen LogP contribution in [0.5, 0.6) is 11.5 Å². The molecule has 1 unspecified atom stereocenters. The van der Waals surface area contributed by atoms with Crippen LogP contribution in [-0.4, -0.2) is 14.2 Å². The second-order valence-electron chi connectivity index (χ2n) is 4.51. The van der Waals surface area contributed by atoms with E-state index >= 15 is 0 Å². The standard InChI is InChI=1S/C16H18ClNO2/c1-19-12-7-8-16(20-2)11(9-12)10-15(18)13-5-3-4-6-14(13)17/h3-9,15H,10,18H2,1-2H3. The number of methoxy groups -OCH3 is 2. The molecule has 0 spiro atoms. The van der Waals surface area contributed by atoms with Crippen molar-refractivity contribution in [3.05, 3.63) is 58.6 Å². The maximum atomic E-state index is 6.26. The quantitative estimate of drug-likeness (QED) is 0.915. The highest BCUT2D eigenvalue weighted by molar-refractivity contribution is 6.31. The van der Waals surface area contributed by atoms with Gasteiger partial charge in [-0.15, -0.1) is 0 Å². The summed E-state index contributed by atoms with van der Waals surface area (Å²) in [6.07, 6.45) is 0.629.